The Labute approximate surface area is 148 Å². The molecule has 129 valence electrons. The standard InChI is InChI=1S/C8H11N.C6H2BF5O2.Ru/c1-9(2)8-6-4-3-5-7-8;8-2-1(7(13)14)3(9)5(11)6(12)4(2)10;/h3-7H,1-2H3;13-14H;/q;;+3. The SMILES string of the molecule is CN(C)c1ccccc1.OB(O)c1c(F)c(F)c(F)c(F)c1F.[Ru+3]. The molecule has 0 bridgehead atoms. The van der Waals surface area contributed by atoms with Crippen molar-refractivity contribution in [1.82, 2.24) is 0 Å². The predicted octanol–water partition coefficient (Wildman–Crippen LogP) is 1.81. The quantitative estimate of drug-likeness (QED) is 0.328. The third-order valence-corrected chi connectivity index (χ3v) is 2.77. The van der Waals surface area contributed by atoms with E-state index < -0.39 is 41.7 Å². The van der Waals surface area contributed by atoms with Crippen LogP contribution < -0.4 is 10.4 Å². The molecule has 24 heavy (non-hydrogen) atoms. The summed E-state index contributed by atoms with van der Waals surface area (Å²) in [5.74, 6) is -11.3. The van der Waals surface area contributed by atoms with Gasteiger partial charge in [-0.3, -0.25) is 0 Å². The Bertz CT molecular complexity index is 645. The maximum absolute atomic E-state index is 12.6. The van der Waals surface area contributed by atoms with Gasteiger partial charge in [0.2, 0.25) is 0 Å². The summed E-state index contributed by atoms with van der Waals surface area (Å²) >= 11 is 0. The number of benzene rings is 2. The van der Waals surface area contributed by atoms with Crippen LogP contribution in [-0.2, 0) is 19.5 Å². The van der Waals surface area contributed by atoms with Crippen LogP contribution in [-0.4, -0.2) is 31.3 Å². The fourth-order valence-electron chi connectivity index (χ4n) is 1.57. The van der Waals surface area contributed by atoms with Crippen molar-refractivity contribution in [2.45, 2.75) is 0 Å². The molecule has 0 aliphatic carbocycles. The van der Waals surface area contributed by atoms with Gasteiger partial charge in [-0.05, 0) is 12.1 Å². The van der Waals surface area contributed by atoms with Crippen LogP contribution in [0.4, 0.5) is 27.6 Å². The molecular formula is C14H13BF5NO2Ru+3. The summed E-state index contributed by atoms with van der Waals surface area (Å²) in [7, 11) is 1.31. The van der Waals surface area contributed by atoms with Gasteiger partial charge in [-0.2, -0.15) is 0 Å². The molecular weight excluding hydrogens is 421 g/mol. The molecule has 0 atom stereocenters. The van der Waals surface area contributed by atoms with Gasteiger partial charge in [0.05, 0.1) is 5.46 Å². The minimum absolute atomic E-state index is 0. The minimum Gasteiger partial charge on any atom is -0.423 e. The molecule has 3 nitrogen and oxygen atoms in total. The van der Waals surface area contributed by atoms with E-state index in [-0.39, 0.29) is 19.5 Å². The largest absolute Gasteiger partial charge is 3.00 e. The first-order valence-corrected chi connectivity index (χ1v) is 6.28. The van der Waals surface area contributed by atoms with E-state index >= 15 is 0 Å². The number of nitrogens with zero attached hydrogens (tertiary/aromatic N) is 1. The first kappa shape index (κ1) is 22.5. The molecule has 0 aliphatic heterocycles. The molecule has 0 saturated carbocycles. The van der Waals surface area contributed by atoms with Crippen LogP contribution in [0.3, 0.4) is 0 Å². The van der Waals surface area contributed by atoms with Crippen LogP contribution in [0, 0.1) is 29.1 Å². The smallest absolute Gasteiger partial charge is 0.423 e. The number of hydrogen-bond acceptors (Lipinski definition) is 3. The number of hydrogen-bond donors (Lipinski definition) is 2. The van der Waals surface area contributed by atoms with Crippen molar-refractivity contribution < 1.29 is 51.5 Å². The molecule has 0 unspecified atom stereocenters. The second kappa shape index (κ2) is 9.71. The molecule has 0 aliphatic rings. The van der Waals surface area contributed by atoms with Gasteiger partial charge in [0.15, 0.2) is 29.1 Å². The van der Waals surface area contributed by atoms with Crippen molar-refractivity contribution in [3.8, 4) is 0 Å². The Hall–Kier alpha value is -1.50. The summed E-state index contributed by atoms with van der Waals surface area (Å²) in [4.78, 5) is 2.08. The number of anilines is 1. The third kappa shape index (κ3) is 5.26. The molecule has 2 rings (SSSR count). The molecule has 0 amide bonds. The van der Waals surface area contributed by atoms with E-state index in [1.165, 1.54) is 5.69 Å². The third-order valence-electron chi connectivity index (χ3n) is 2.77. The fourth-order valence-corrected chi connectivity index (χ4v) is 1.57. The summed E-state index contributed by atoms with van der Waals surface area (Å²) in [6, 6.07) is 10.3. The van der Waals surface area contributed by atoms with Crippen LogP contribution in [0.5, 0.6) is 0 Å². The Kier molecular flexibility index (Phi) is 9.10. The molecule has 2 N–H and O–H groups in total. The molecule has 0 spiro atoms. The number of para-hydroxylation sites is 1. The summed E-state index contributed by atoms with van der Waals surface area (Å²) in [6.45, 7) is 0. The van der Waals surface area contributed by atoms with Crippen LogP contribution in [0.2, 0.25) is 0 Å². The van der Waals surface area contributed by atoms with E-state index in [2.05, 4.69) is 17.0 Å². The molecule has 1 radical (unpaired) electrons. The van der Waals surface area contributed by atoms with Gasteiger partial charge in [0, 0.05) is 19.8 Å². The van der Waals surface area contributed by atoms with E-state index in [9.17, 15) is 22.0 Å². The normalized spacial score (nSPS) is 9.54. The molecule has 0 heterocycles. The molecule has 0 saturated heterocycles. The van der Waals surface area contributed by atoms with E-state index in [0.717, 1.165) is 0 Å². The number of halogens is 5. The number of rotatable bonds is 2. The van der Waals surface area contributed by atoms with Gasteiger partial charge in [0.1, 0.15) is 0 Å². The van der Waals surface area contributed by atoms with E-state index in [1.807, 2.05) is 32.3 Å². The van der Waals surface area contributed by atoms with Crippen molar-refractivity contribution in [1.29, 1.82) is 0 Å². The van der Waals surface area contributed by atoms with Crippen molar-refractivity contribution in [3.05, 3.63) is 59.4 Å². The maximum atomic E-state index is 12.6. The zero-order valence-electron chi connectivity index (χ0n) is 12.5. The summed E-state index contributed by atoms with van der Waals surface area (Å²) in [6.07, 6.45) is 0. The summed E-state index contributed by atoms with van der Waals surface area (Å²) < 4.78 is 62.4. The Balaban J connectivity index is 0.000000460. The van der Waals surface area contributed by atoms with E-state index in [1.54, 1.807) is 0 Å². The Morgan fingerprint density at radius 1 is 0.750 bits per heavy atom. The first-order chi connectivity index (χ1) is 10.7. The zero-order valence-corrected chi connectivity index (χ0v) is 14.3. The molecule has 2 aromatic carbocycles. The van der Waals surface area contributed by atoms with Crippen molar-refractivity contribution >= 4 is 18.3 Å². The van der Waals surface area contributed by atoms with Gasteiger partial charge in [-0.25, -0.2) is 22.0 Å². The predicted molar refractivity (Wildman–Crippen MR) is 76.8 cm³/mol. The van der Waals surface area contributed by atoms with Gasteiger partial charge < -0.3 is 14.9 Å². The maximum Gasteiger partial charge on any atom is 3.00 e. The van der Waals surface area contributed by atoms with Crippen molar-refractivity contribution in [3.63, 3.8) is 0 Å². The Morgan fingerprint density at radius 3 is 1.42 bits per heavy atom. The zero-order chi connectivity index (χ0) is 17.7. The topological polar surface area (TPSA) is 43.7 Å². The average Bonchev–Trinajstić information content (AvgIpc) is 2.52. The molecule has 10 heteroatoms. The molecule has 0 fully saturated rings. The summed E-state index contributed by atoms with van der Waals surface area (Å²) in [5.41, 5.74) is -0.418. The first-order valence-electron chi connectivity index (χ1n) is 6.28. The van der Waals surface area contributed by atoms with Gasteiger partial charge in [-0.1, -0.05) is 18.2 Å². The average molecular weight is 434 g/mol. The van der Waals surface area contributed by atoms with Gasteiger partial charge in [0.25, 0.3) is 0 Å². The van der Waals surface area contributed by atoms with E-state index in [0.29, 0.717) is 0 Å². The van der Waals surface area contributed by atoms with Crippen LogP contribution in [0.15, 0.2) is 30.3 Å². The second-order valence-corrected chi connectivity index (χ2v) is 4.59. The fraction of sp³-hybridized carbons (Fsp3) is 0.143. The second-order valence-electron chi connectivity index (χ2n) is 4.59. The summed E-state index contributed by atoms with van der Waals surface area (Å²) in [5, 5.41) is 16.7. The minimum atomic E-state index is -2.76. The van der Waals surface area contributed by atoms with Crippen LogP contribution in [0.25, 0.3) is 0 Å². The van der Waals surface area contributed by atoms with E-state index in [4.69, 9.17) is 10.0 Å². The van der Waals surface area contributed by atoms with Crippen molar-refractivity contribution in [2.75, 3.05) is 19.0 Å². The van der Waals surface area contributed by atoms with Gasteiger partial charge in [-0.15, -0.1) is 0 Å². The Morgan fingerprint density at radius 2 is 1.12 bits per heavy atom. The van der Waals surface area contributed by atoms with Crippen molar-refractivity contribution in [2.24, 2.45) is 0 Å². The molecule has 2 aromatic rings. The monoisotopic (exact) mass is 435 g/mol. The van der Waals surface area contributed by atoms with Crippen LogP contribution in [0.1, 0.15) is 0 Å². The van der Waals surface area contributed by atoms with Gasteiger partial charge >= 0.3 is 26.6 Å². The van der Waals surface area contributed by atoms with Crippen LogP contribution >= 0.6 is 0 Å². The molecule has 0 aromatic heterocycles.